The third-order valence-electron chi connectivity index (χ3n) is 3.21. The molecule has 1 atom stereocenters. The van der Waals surface area contributed by atoms with Crippen LogP contribution in [0.4, 0.5) is 5.69 Å². The Labute approximate surface area is 129 Å². The van der Waals surface area contributed by atoms with Gasteiger partial charge in [-0.2, -0.15) is 0 Å². The Hall–Kier alpha value is -2.44. The van der Waals surface area contributed by atoms with Crippen molar-refractivity contribution in [3.63, 3.8) is 0 Å². The molecule has 0 saturated heterocycles. The van der Waals surface area contributed by atoms with Crippen LogP contribution in [0.2, 0.25) is 0 Å². The third kappa shape index (κ3) is 4.83. The molecule has 0 unspecified atom stereocenters. The summed E-state index contributed by atoms with van der Waals surface area (Å²) < 4.78 is 0. The third-order valence-corrected chi connectivity index (χ3v) is 3.21. The molecule has 0 spiro atoms. The van der Waals surface area contributed by atoms with Crippen LogP contribution in [0.25, 0.3) is 0 Å². The summed E-state index contributed by atoms with van der Waals surface area (Å²) in [7, 11) is 1.61. The molecule has 1 N–H and O–H groups in total. The SMILES string of the molecule is CC(=O)N[C@H](C(=O)N(C)Cc1cccc([N+](=O)[O-])c1)C(C)C. The largest absolute Gasteiger partial charge is 0.344 e. The average Bonchev–Trinajstić information content (AvgIpc) is 2.43. The smallest absolute Gasteiger partial charge is 0.269 e. The molecule has 0 aliphatic heterocycles. The van der Waals surface area contributed by atoms with Crippen LogP contribution in [0.1, 0.15) is 26.3 Å². The van der Waals surface area contributed by atoms with E-state index in [0.29, 0.717) is 5.56 Å². The second kappa shape index (κ2) is 7.53. The van der Waals surface area contributed by atoms with E-state index in [2.05, 4.69) is 5.32 Å². The minimum atomic E-state index is -0.610. The molecule has 0 aliphatic carbocycles. The van der Waals surface area contributed by atoms with Gasteiger partial charge in [-0.05, 0) is 11.5 Å². The van der Waals surface area contributed by atoms with E-state index in [4.69, 9.17) is 0 Å². The summed E-state index contributed by atoms with van der Waals surface area (Å²) in [6, 6.07) is 5.53. The summed E-state index contributed by atoms with van der Waals surface area (Å²) in [6.07, 6.45) is 0. The molecule has 1 rings (SSSR count). The maximum Gasteiger partial charge on any atom is 0.269 e. The fraction of sp³-hybridized carbons (Fsp3) is 0.467. The first kappa shape index (κ1) is 17.6. The number of rotatable bonds is 6. The van der Waals surface area contributed by atoms with Crippen LogP contribution in [0.5, 0.6) is 0 Å². The summed E-state index contributed by atoms with van der Waals surface area (Å²) >= 11 is 0. The Balaban J connectivity index is 2.84. The number of hydrogen-bond acceptors (Lipinski definition) is 4. The molecular formula is C15H21N3O4. The number of benzene rings is 1. The van der Waals surface area contributed by atoms with Crippen LogP contribution in [0.3, 0.4) is 0 Å². The van der Waals surface area contributed by atoms with Crippen LogP contribution in [-0.2, 0) is 16.1 Å². The first-order valence-corrected chi connectivity index (χ1v) is 6.97. The van der Waals surface area contributed by atoms with Gasteiger partial charge in [0.1, 0.15) is 6.04 Å². The predicted octanol–water partition coefficient (Wildman–Crippen LogP) is 1.71. The minimum Gasteiger partial charge on any atom is -0.344 e. The van der Waals surface area contributed by atoms with Crippen molar-refractivity contribution in [1.82, 2.24) is 10.2 Å². The zero-order valence-corrected chi connectivity index (χ0v) is 13.2. The summed E-state index contributed by atoms with van der Waals surface area (Å²) in [6.45, 7) is 5.30. The van der Waals surface area contributed by atoms with Gasteiger partial charge in [-0.1, -0.05) is 26.0 Å². The van der Waals surface area contributed by atoms with E-state index in [9.17, 15) is 19.7 Å². The average molecular weight is 307 g/mol. The lowest BCUT2D eigenvalue weighted by atomic mass is 10.0. The molecule has 0 aromatic heterocycles. The van der Waals surface area contributed by atoms with Crippen LogP contribution >= 0.6 is 0 Å². The van der Waals surface area contributed by atoms with Crippen molar-refractivity contribution in [2.24, 2.45) is 5.92 Å². The molecule has 2 amide bonds. The topological polar surface area (TPSA) is 92.6 Å². The summed E-state index contributed by atoms with van der Waals surface area (Å²) in [4.78, 5) is 35.4. The van der Waals surface area contributed by atoms with Gasteiger partial charge >= 0.3 is 0 Å². The van der Waals surface area contributed by atoms with Gasteiger partial charge < -0.3 is 10.2 Å². The molecule has 0 radical (unpaired) electrons. The van der Waals surface area contributed by atoms with Crippen molar-refractivity contribution in [3.8, 4) is 0 Å². The Kier molecular flexibility index (Phi) is 6.03. The maximum absolute atomic E-state index is 12.4. The first-order valence-electron chi connectivity index (χ1n) is 6.97. The Morgan fingerprint density at radius 2 is 2.00 bits per heavy atom. The second-order valence-electron chi connectivity index (χ2n) is 5.54. The van der Waals surface area contributed by atoms with E-state index in [-0.39, 0.29) is 30.0 Å². The predicted molar refractivity (Wildman–Crippen MR) is 82.0 cm³/mol. The standard InChI is InChI=1S/C15H21N3O4/c1-10(2)14(16-11(3)19)15(20)17(4)9-12-6-5-7-13(8-12)18(21)22/h5-8,10,14H,9H2,1-4H3,(H,16,19)/t14-/m0/s1. The monoisotopic (exact) mass is 307 g/mol. The van der Waals surface area contributed by atoms with E-state index >= 15 is 0 Å². The van der Waals surface area contributed by atoms with Gasteiger partial charge in [-0.25, -0.2) is 0 Å². The highest BCUT2D eigenvalue weighted by Crippen LogP contribution is 2.15. The number of amides is 2. The summed E-state index contributed by atoms with van der Waals surface area (Å²) in [5, 5.41) is 13.4. The number of likely N-dealkylation sites (N-methyl/N-ethyl adjacent to an activating group) is 1. The number of nitrogens with one attached hydrogen (secondary N) is 1. The Bertz CT molecular complexity index is 572. The fourth-order valence-corrected chi connectivity index (χ4v) is 2.09. The zero-order valence-electron chi connectivity index (χ0n) is 13.2. The number of nitro benzene ring substituents is 1. The van der Waals surface area contributed by atoms with Crippen molar-refractivity contribution in [3.05, 3.63) is 39.9 Å². The van der Waals surface area contributed by atoms with Crippen molar-refractivity contribution in [2.45, 2.75) is 33.4 Å². The second-order valence-corrected chi connectivity index (χ2v) is 5.54. The highest BCUT2D eigenvalue weighted by molar-refractivity contribution is 5.86. The van der Waals surface area contributed by atoms with Gasteiger partial charge in [0.15, 0.2) is 0 Å². The number of nitro groups is 1. The van der Waals surface area contributed by atoms with Gasteiger partial charge in [0.25, 0.3) is 5.69 Å². The zero-order chi connectivity index (χ0) is 16.9. The quantitative estimate of drug-likeness (QED) is 0.639. The molecule has 7 nitrogen and oxygen atoms in total. The summed E-state index contributed by atoms with van der Waals surface area (Å²) in [5.41, 5.74) is 0.649. The first-order chi connectivity index (χ1) is 10.2. The summed E-state index contributed by atoms with van der Waals surface area (Å²) in [5.74, 6) is -0.545. The number of non-ortho nitro benzene ring substituents is 1. The van der Waals surface area contributed by atoms with Gasteiger partial charge in [0.2, 0.25) is 11.8 Å². The van der Waals surface area contributed by atoms with Crippen LogP contribution < -0.4 is 5.32 Å². The molecule has 1 aromatic carbocycles. The van der Waals surface area contributed by atoms with Crippen molar-refractivity contribution < 1.29 is 14.5 Å². The minimum absolute atomic E-state index is 0.0133. The molecule has 0 saturated carbocycles. The Morgan fingerprint density at radius 3 is 2.50 bits per heavy atom. The normalized spacial score (nSPS) is 11.9. The number of carbonyl (C=O) groups is 2. The van der Waals surface area contributed by atoms with E-state index in [1.165, 1.54) is 24.0 Å². The number of nitrogens with zero attached hydrogens (tertiary/aromatic N) is 2. The van der Waals surface area contributed by atoms with Crippen LogP contribution in [0, 0.1) is 16.0 Å². The molecule has 0 aliphatic rings. The molecule has 0 bridgehead atoms. The molecular weight excluding hydrogens is 286 g/mol. The molecule has 22 heavy (non-hydrogen) atoms. The van der Waals surface area contributed by atoms with E-state index in [1.54, 1.807) is 19.2 Å². The van der Waals surface area contributed by atoms with Crippen LogP contribution in [0.15, 0.2) is 24.3 Å². The Morgan fingerprint density at radius 1 is 1.36 bits per heavy atom. The number of hydrogen-bond donors (Lipinski definition) is 1. The van der Waals surface area contributed by atoms with E-state index in [0.717, 1.165) is 0 Å². The lowest BCUT2D eigenvalue weighted by Crippen LogP contribution is -2.49. The van der Waals surface area contributed by atoms with Gasteiger partial charge in [0.05, 0.1) is 4.92 Å². The van der Waals surface area contributed by atoms with Crippen molar-refractivity contribution in [2.75, 3.05) is 7.05 Å². The van der Waals surface area contributed by atoms with Crippen molar-refractivity contribution >= 4 is 17.5 Å². The van der Waals surface area contributed by atoms with E-state index in [1.807, 2.05) is 13.8 Å². The lowest BCUT2D eigenvalue weighted by molar-refractivity contribution is -0.384. The van der Waals surface area contributed by atoms with Crippen LogP contribution in [-0.4, -0.2) is 34.7 Å². The fourth-order valence-electron chi connectivity index (χ4n) is 2.09. The van der Waals surface area contributed by atoms with E-state index < -0.39 is 11.0 Å². The molecule has 120 valence electrons. The highest BCUT2D eigenvalue weighted by atomic mass is 16.6. The van der Waals surface area contributed by atoms with Gasteiger partial charge in [-0.15, -0.1) is 0 Å². The number of carbonyl (C=O) groups excluding carboxylic acids is 2. The van der Waals surface area contributed by atoms with Gasteiger partial charge in [-0.3, -0.25) is 19.7 Å². The van der Waals surface area contributed by atoms with Crippen molar-refractivity contribution in [1.29, 1.82) is 0 Å². The molecule has 0 heterocycles. The molecule has 7 heteroatoms. The maximum atomic E-state index is 12.4. The highest BCUT2D eigenvalue weighted by Gasteiger charge is 2.26. The molecule has 1 aromatic rings. The van der Waals surface area contributed by atoms with Gasteiger partial charge in [0, 0.05) is 32.6 Å². The lowest BCUT2D eigenvalue weighted by Gasteiger charge is -2.26. The molecule has 0 fully saturated rings.